The molecule has 1 unspecified atom stereocenters. The van der Waals surface area contributed by atoms with Gasteiger partial charge in [0.2, 0.25) is 0 Å². The van der Waals surface area contributed by atoms with E-state index in [2.05, 4.69) is 130 Å². The van der Waals surface area contributed by atoms with Crippen molar-refractivity contribution >= 4 is 17.9 Å². The Balaban J connectivity index is 4.35. The van der Waals surface area contributed by atoms with E-state index < -0.39 is 6.10 Å². The van der Waals surface area contributed by atoms with E-state index in [1.54, 1.807) is 0 Å². The predicted octanol–water partition coefficient (Wildman–Crippen LogP) is 24.6. The molecule has 0 radical (unpaired) electrons. The highest BCUT2D eigenvalue weighted by atomic mass is 16.6. The van der Waals surface area contributed by atoms with Gasteiger partial charge in [-0.1, -0.05) is 323 Å². The third-order valence-corrected chi connectivity index (χ3v) is 15.3. The highest BCUT2D eigenvalue weighted by Gasteiger charge is 2.19. The molecule has 0 saturated carbocycles. The van der Waals surface area contributed by atoms with Crippen LogP contribution in [0.2, 0.25) is 0 Å². The number of allylic oxidation sites excluding steroid dienone is 18. The summed E-state index contributed by atoms with van der Waals surface area (Å²) in [6, 6.07) is 0. The van der Waals surface area contributed by atoms with E-state index in [4.69, 9.17) is 14.2 Å². The normalized spacial score (nSPS) is 12.8. The Morgan fingerprint density at radius 3 is 0.759 bits per heavy atom. The van der Waals surface area contributed by atoms with Crippen molar-refractivity contribution in [2.45, 2.75) is 348 Å². The molecule has 6 nitrogen and oxygen atoms in total. The first kappa shape index (κ1) is 79.1. The molecule has 0 N–H and O–H groups in total. The Morgan fingerprint density at radius 1 is 0.253 bits per heavy atom. The molecule has 0 aliphatic rings. The molecule has 0 aliphatic carbocycles. The zero-order valence-corrected chi connectivity index (χ0v) is 54.7. The summed E-state index contributed by atoms with van der Waals surface area (Å²) >= 11 is 0. The van der Waals surface area contributed by atoms with Gasteiger partial charge in [0.05, 0.1) is 0 Å². The smallest absolute Gasteiger partial charge is 0.306 e. The molecule has 0 aromatic heterocycles. The molecule has 0 fully saturated rings. The van der Waals surface area contributed by atoms with Crippen LogP contribution in [0.4, 0.5) is 0 Å². The molecule has 476 valence electrons. The molecule has 0 heterocycles. The van der Waals surface area contributed by atoms with Gasteiger partial charge in [-0.2, -0.15) is 0 Å². The second-order valence-electron chi connectivity index (χ2n) is 23.4. The maximum absolute atomic E-state index is 13.0. The lowest BCUT2D eigenvalue weighted by atomic mass is 10.0. The molecule has 0 rings (SSSR count). The summed E-state index contributed by atoms with van der Waals surface area (Å²) in [6.07, 6.45) is 96.8. The van der Waals surface area contributed by atoms with E-state index in [1.807, 2.05) is 0 Å². The van der Waals surface area contributed by atoms with Gasteiger partial charge in [-0.05, 0) is 109 Å². The number of rotatable bonds is 64. The van der Waals surface area contributed by atoms with Gasteiger partial charge in [0.1, 0.15) is 13.2 Å². The summed E-state index contributed by atoms with van der Waals surface area (Å²) < 4.78 is 17.0. The Kier molecular flexibility index (Phi) is 67.2. The quantitative estimate of drug-likeness (QED) is 0.0261. The van der Waals surface area contributed by atoms with Gasteiger partial charge in [0.25, 0.3) is 0 Å². The first-order chi connectivity index (χ1) is 41.0. The van der Waals surface area contributed by atoms with Crippen molar-refractivity contribution in [2.24, 2.45) is 0 Å². The van der Waals surface area contributed by atoms with Crippen LogP contribution < -0.4 is 0 Å². The zero-order chi connectivity index (χ0) is 59.9. The second kappa shape index (κ2) is 70.6. The Labute approximate surface area is 514 Å². The molecule has 0 aromatic carbocycles. The molecular weight excluding hydrogens is 1020 g/mol. The largest absolute Gasteiger partial charge is 0.462 e. The van der Waals surface area contributed by atoms with Crippen molar-refractivity contribution < 1.29 is 28.6 Å². The fourth-order valence-electron chi connectivity index (χ4n) is 9.99. The third kappa shape index (κ3) is 68.7. The zero-order valence-electron chi connectivity index (χ0n) is 54.7. The number of carbonyl (C=O) groups is 3. The van der Waals surface area contributed by atoms with Crippen molar-refractivity contribution in [1.29, 1.82) is 0 Å². The second-order valence-corrected chi connectivity index (χ2v) is 23.4. The highest BCUT2D eigenvalue weighted by Crippen LogP contribution is 2.17. The molecule has 0 aliphatic heterocycles. The van der Waals surface area contributed by atoms with Crippen molar-refractivity contribution in [3.05, 3.63) is 109 Å². The standard InChI is InChI=1S/C77H132O6/c1-4-7-10-13-16-19-22-25-28-30-32-34-35-36-37-38-39-40-41-43-44-46-49-52-55-58-61-64-67-70-76(79)82-73-74(72-81-75(78)69-66-63-60-57-54-51-48-27-24-21-18-15-12-9-6-3)83-77(80)71-68-65-62-59-56-53-50-47-45-42-33-31-29-26-23-20-17-14-11-8-5-2/h7,10,16,18-19,21,25,27-28,32,34,36-37,39-40,43-44,48,74H,4-6,8-9,11-15,17,20,22-24,26,29-31,33,35,38,41-42,45-47,49-73H2,1-3H3/b10-7-,19-16-,21-18-,28-25-,34-32-,37-36-,40-39-,44-43-,48-27-. The number of carbonyl (C=O) groups excluding carboxylic acids is 3. The van der Waals surface area contributed by atoms with Gasteiger partial charge in [0.15, 0.2) is 6.10 Å². The topological polar surface area (TPSA) is 78.9 Å². The van der Waals surface area contributed by atoms with E-state index >= 15 is 0 Å². The lowest BCUT2D eigenvalue weighted by Crippen LogP contribution is -2.30. The number of hydrogen-bond donors (Lipinski definition) is 0. The van der Waals surface area contributed by atoms with Crippen LogP contribution in [0.25, 0.3) is 0 Å². The van der Waals surface area contributed by atoms with Gasteiger partial charge >= 0.3 is 17.9 Å². The van der Waals surface area contributed by atoms with Gasteiger partial charge in [-0.15, -0.1) is 0 Å². The van der Waals surface area contributed by atoms with Gasteiger partial charge in [-0.3, -0.25) is 14.4 Å². The van der Waals surface area contributed by atoms with Crippen molar-refractivity contribution in [2.75, 3.05) is 13.2 Å². The van der Waals surface area contributed by atoms with E-state index in [1.165, 1.54) is 173 Å². The molecule has 0 saturated heterocycles. The van der Waals surface area contributed by atoms with Gasteiger partial charge in [-0.25, -0.2) is 0 Å². The summed E-state index contributed by atoms with van der Waals surface area (Å²) in [5.41, 5.74) is 0. The fraction of sp³-hybridized carbons (Fsp3) is 0.727. The summed E-state index contributed by atoms with van der Waals surface area (Å²) in [6.45, 7) is 6.52. The maximum Gasteiger partial charge on any atom is 0.306 e. The number of unbranched alkanes of at least 4 members (excludes halogenated alkanes) is 35. The van der Waals surface area contributed by atoms with Crippen LogP contribution in [0, 0.1) is 0 Å². The molecule has 0 spiro atoms. The summed E-state index contributed by atoms with van der Waals surface area (Å²) in [7, 11) is 0. The van der Waals surface area contributed by atoms with Crippen LogP contribution in [0.5, 0.6) is 0 Å². The van der Waals surface area contributed by atoms with Crippen LogP contribution in [-0.2, 0) is 28.6 Å². The molecule has 6 heteroatoms. The number of ether oxygens (including phenoxy) is 3. The monoisotopic (exact) mass is 1150 g/mol. The van der Waals surface area contributed by atoms with Crippen molar-refractivity contribution in [1.82, 2.24) is 0 Å². The molecule has 83 heavy (non-hydrogen) atoms. The summed E-state index contributed by atoms with van der Waals surface area (Å²) in [5, 5.41) is 0. The van der Waals surface area contributed by atoms with E-state index in [-0.39, 0.29) is 31.1 Å². The molecule has 1 atom stereocenters. The number of esters is 3. The minimum absolute atomic E-state index is 0.0866. The maximum atomic E-state index is 13.0. The van der Waals surface area contributed by atoms with Crippen LogP contribution in [0.1, 0.15) is 342 Å². The van der Waals surface area contributed by atoms with Crippen LogP contribution >= 0.6 is 0 Å². The van der Waals surface area contributed by atoms with Crippen molar-refractivity contribution in [3.8, 4) is 0 Å². The average Bonchev–Trinajstić information content (AvgIpc) is 3.49. The van der Waals surface area contributed by atoms with Crippen molar-refractivity contribution in [3.63, 3.8) is 0 Å². The first-order valence-corrected chi connectivity index (χ1v) is 35.4. The highest BCUT2D eigenvalue weighted by molar-refractivity contribution is 5.71. The lowest BCUT2D eigenvalue weighted by Gasteiger charge is -2.18. The summed E-state index contributed by atoms with van der Waals surface area (Å²) in [5.74, 6) is -0.895. The predicted molar refractivity (Wildman–Crippen MR) is 362 cm³/mol. The minimum Gasteiger partial charge on any atom is -0.462 e. The van der Waals surface area contributed by atoms with Crippen LogP contribution in [0.15, 0.2) is 109 Å². The molecule has 0 bridgehead atoms. The first-order valence-electron chi connectivity index (χ1n) is 35.4. The van der Waals surface area contributed by atoms with E-state index in [0.29, 0.717) is 19.3 Å². The Bertz CT molecular complexity index is 1660. The number of hydrogen-bond acceptors (Lipinski definition) is 6. The summed E-state index contributed by atoms with van der Waals surface area (Å²) in [4.78, 5) is 38.5. The van der Waals surface area contributed by atoms with Gasteiger partial charge in [0, 0.05) is 19.3 Å². The molecule has 0 aromatic rings. The Hall–Kier alpha value is -3.93. The lowest BCUT2D eigenvalue weighted by molar-refractivity contribution is -0.167. The third-order valence-electron chi connectivity index (χ3n) is 15.3. The minimum atomic E-state index is -0.790. The fourth-order valence-corrected chi connectivity index (χ4v) is 9.99. The molecule has 0 amide bonds. The van der Waals surface area contributed by atoms with Gasteiger partial charge < -0.3 is 14.2 Å². The SMILES string of the molecule is CC/C=C\C/C=C\C/C=C\C/C=C\C/C=C\C/C=C\C/C=C\CCCCCCCCCC(=O)OCC(COC(=O)CCCCCCC/C=C\C/C=C\CCCCC)OC(=O)CCCCCCCCCCCCCCCCCCCCCCC. The molecular formula is C77H132O6. The van der Waals surface area contributed by atoms with Crippen LogP contribution in [0.3, 0.4) is 0 Å². The Morgan fingerprint density at radius 2 is 0.470 bits per heavy atom. The van der Waals surface area contributed by atoms with Crippen LogP contribution in [-0.4, -0.2) is 37.2 Å². The van der Waals surface area contributed by atoms with E-state index in [9.17, 15) is 14.4 Å². The average molecular weight is 1150 g/mol. The van der Waals surface area contributed by atoms with E-state index in [0.717, 1.165) is 128 Å².